The normalized spacial score (nSPS) is 12.4. The van der Waals surface area contributed by atoms with E-state index in [-0.39, 0.29) is 6.04 Å². The first kappa shape index (κ1) is 16.3. The van der Waals surface area contributed by atoms with Gasteiger partial charge in [-0.25, -0.2) is 0 Å². The van der Waals surface area contributed by atoms with Crippen LogP contribution in [0.5, 0.6) is 5.75 Å². The lowest BCUT2D eigenvalue weighted by atomic mass is 10.0. The van der Waals surface area contributed by atoms with Crippen LogP contribution in [0.25, 0.3) is 0 Å². The number of nitrogens with zero attached hydrogens (tertiary/aromatic N) is 2. The number of halogens is 2. The number of ether oxygens (including phenoxy) is 1. The number of nitrogens with one attached hydrogen (secondary N) is 1. The Morgan fingerprint density at radius 1 is 1.48 bits per heavy atom. The smallest absolute Gasteiger partial charge is 0.161 e. The lowest BCUT2D eigenvalue weighted by Gasteiger charge is -2.21. The Hall–Kier alpha value is -1.04. The second-order valence-corrected chi connectivity index (χ2v) is 6.00. The SMILES string of the molecule is CCCn1ncc(OC)c1C(NC)c1ccc(Cl)cc1Br. The van der Waals surface area contributed by atoms with Crippen LogP contribution in [0.15, 0.2) is 28.9 Å². The minimum Gasteiger partial charge on any atom is -0.493 e. The van der Waals surface area contributed by atoms with Gasteiger partial charge in [0.2, 0.25) is 0 Å². The molecule has 2 aromatic rings. The van der Waals surface area contributed by atoms with E-state index >= 15 is 0 Å². The van der Waals surface area contributed by atoms with Crippen LogP contribution in [0.4, 0.5) is 0 Å². The fraction of sp³-hybridized carbons (Fsp3) is 0.400. The summed E-state index contributed by atoms with van der Waals surface area (Å²) in [7, 11) is 3.59. The van der Waals surface area contributed by atoms with E-state index in [2.05, 4.69) is 33.3 Å². The summed E-state index contributed by atoms with van der Waals surface area (Å²) in [5.74, 6) is 0.782. The molecule has 1 aromatic heterocycles. The van der Waals surface area contributed by atoms with Crippen molar-refractivity contribution >= 4 is 27.5 Å². The zero-order chi connectivity index (χ0) is 15.4. The van der Waals surface area contributed by atoms with E-state index in [9.17, 15) is 0 Å². The van der Waals surface area contributed by atoms with E-state index in [1.807, 2.05) is 29.9 Å². The first-order valence-electron chi connectivity index (χ1n) is 6.84. The van der Waals surface area contributed by atoms with Gasteiger partial charge in [-0.1, -0.05) is 40.5 Å². The third-order valence-electron chi connectivity index (χ3n) is 3.34. The molecule has 1 atom stereocenters. The first-order valence-corrected chi connectivity index (χ1v) is 8.01. The summed E-state index contributed by atoms with van der Waals surface area (Å²) in [6, 6.07) is 5.77. The Labute approximate surface area is 138 Å². The number of hydrogen-bond donors (Lipinski definition) is 1. The van der Waals surface area contributed by atoms with Crippen molar-refractivity contribution in [1.82, 2.24) is 15.1 Å². The maximum atomic E-state index is 6.04. The van der Waals surface area contributed by atoms with Crippen molar-refractivity contribution in [1.29, 1.82) is 0 Å². The van der Waals surface area contributed by atoms with Crippen LogP contribution >= 0.6 is 27.5 Å². The van der Waals surface area contributed by atoms with Gasteiger partial charge in [-0.2, -0.15) is 5.10 Å². The van der Waals surface area contributed by atoms with Crippen molar-refractivity contribution in [3.8, 4) is 5.75 Å². The molecule has 114 valence electrons. The molecular formula is C15H19BrClN3O. The molecule has 0 saturated heterocycles. The van der Waals surface area contributed by atoms with Gasteiger partial charge in [-0.3, -0.25) is 4.68 Å². The van der Waals surface area contributed by atoms with Crippen molar-refractivity contribution < 1.29 is 4.74 Å². The minimum absolute atomic E-state index is 0.0272. The van der Waals surface area contributed by atoms with Gasteiger partial charge in [-0.15, -0.1) is 0 Å². The first-order chi connectivity index (χ1) is 10.1. The highest BCUT2D eigenvalue weighted by molar-refractivity contribution is 9.10. The molecule has 4 nitrogen and oxygen atoms in total. The number of methoxy groups -OCH3 is 1. The van der Waals surface area contributed by atoms with Crippen LogP contribution in [0.2, 0.25) is 5.02 Å². The van der Waals surface area contributed by atoms with Crippen LogP contribution in [0, 0.1) is 0 Å². The second kappa shape index (κ2) is 7.29. The molecule has 6 heteroatoms. The number of rotatable bonds is 6. The van der Waals surface area contributed by atoms with Gasteiger partial charge in [0.25, 0.3) is 0 Å². The predicted octanol–water partition coefficient (Wildman–Crippen LogP) is 4.03. The monoisotopic (exact) mass is 371 g/mol. The molecule has 0 saturated carbocycles. The molecule has 0 bridgehead atoms. The van der Waals surface area contributed by atoms with Crippen molar-refractivity contribution in [3.63, 3.8) is 0 Å². The molecule has 0 aliphatic carbocycles. The molecule has 21 heavy (non-hydrogen) atoms. The van der Waals surface area contributed by atoms with Gasteiger partial charge in [0, 0.05) is 16.0 Å². The summed E-state index contributed by atoms with van der Waals surface area (Å²) in [6.45, 7) is 2.98. The van der Waals surface area contributed by atoms with Crippen LogP contribution in [-0.2, 0) is 6.54 Å². The Kier molecular flexibility index (Phi) is 5.67. The van der Waals surface area contributed by atoms with E-state index in [0.717, 1.165) is 34.4 Å². The molecule has 0 fully saturated rings. The highest BCUT2D eigenvalue weighted by Gasteiger charge is 2.23. The molecule has 0 spiro atoms. The fourth-order valence-electron chi connectivity index (χ4n) is 2.39. The summed E-state index contributed by atoms with van der Waals surface area (Å²) in [6.07, 6.45) is 2.77. The Bertz CT molecular complexity index is 615. The lowest BCUT2D eigenvalue weighted by molar-refractivity contribution is 0.400. The third kappa shape index (κ3) is 3.42. The largest absolute Gasteiger partial charge is 0.493 e. The van der Waals surface area contributed by atoms with Crippen molar-refractivity contribution in [2.24, 2.45) is 0 Å². The van der Waals surface area contributed by atoms with Crippen molar-refractivity contribution in [2.45, 2.75) is 25.9 Å². The van der Waals surface area contributed by atoms with Gasteiger partial charge in [0.15, 0.2) is 5.75 Å². The highest BCUT2D eigenvalue weighted by Crippen LogP contribution is 2.34. The average Bonchev–Trinajstić information content (AvgIpc) is 2.85. The molecule has 0 radical (unpaired) electrons. The summed E-state index contributed by atoms with van der Waals surface area (Å²) in [5.41, 5.74) is 2.11. The van der Waals surface area contributed by atoms with Crippen LogP contribution in [0.3, 0.4) is 0 Å². The maximum Gasteiger partial charge on any atom is 0.161 e. The van der Waals surface area contributed by atoms with Gasteiger partial charge in [0.1, 0.15) is 5.69 Å². The zero-order valence-corrected chi connectivity index (χ0v) is 14.7. The van der Waals surface area contributed by atoms with Crippen LogP contribution in [0.1, 0.15) is 30.6 Å². The van der Waals surface area contributed by atoms with Gasteiger partial charge < -0.3 is 10.1 Å². The minimum atomic E-state index is -0.0272. The number of aromatic nitrogens is 2. The Morgan fingerprint density at radius 2 is 2.24 bits per heavy atom. The Balaban J connectivity index is 2.52. The number of aryl methyl sites for hydroxylation is 1. The van der Waals surface area contributed by atoms with E-state index < -0.39 is 0 Å². The molecule has 1 heterocycles. The van der Waals surface area contributed by atoms with Gasteiger partial charge in [-0.05, 0) is 31.2 Å². The van der Waals surface area contributed by atoms with E-state index in [1.165, 1.54) is 0 Å². The van der Waals surface area contributed by atoms with Crippen molar-refractivity contribution in [2.75, 3.05) is 14.2 Å². The van der Waals surface area contributed by atoms with Gasteiger partial charge in [0.05, 0.1) is 19.3 Å². The summed E-state index contributed by atoms with van der Waals surface area (Å²) in [5, 5.41) is 8.47. The highest BCUT2D eigenvalue weighted by atomic mass is 79.9. The van der Waals surface area contributed by atoms with E-state index in [1.54, 1.807) is 13.3 Å². The third-order valence-corrected chi connectivity index (χ3v) is 4.26. The molecule has 1 aromatic carbocycles. The number of hydrogen-bond acceptors (Lipinski definition) is 3. The lowest BCUT2D eigenvalue weighted by Crippen LogP contribution is -2.22. The Morgan fingerprint density at radius 3 is 2.81 bits per heavy atom. The van der Waals surface area contributed by atoms with Crippen LogP contribution < -0.4 is 10.1 Å². The standard InChI is InChI=1S/C15H19BrClN3O/c1-4-7-20-15(13(21-3)9-19-20)14(18-2)11-6-5-10(17)8-12(11)16/h5-6,8-9,14,18H,4,7H2,1-3H3. The zero-order valence-electron chi connectivity index (χ0n) is 12.4. The predicted molar refractivity (Wildman–Crippen MR) is 89.1 cm³/mol. The molecule has 0 amide bonds. The summed E-state index contributed by atoms with van der Waals surface area (Å²) >= 11 is 9.63. The van der Waals surface area contributed by atoms with E-state index in [4.69, 9.17) is 16.3 Å². The summed E-state index contributed by atoms with van der Waals surface area (Å²) < 4.78 is 8.42. The fourth-order valence-corrected chi connectivity index (χ4v) is 3.30. The molecule has 0 aliphatic heterocycles. The van der Waals surface area contributed by atoms with E-state index in [0.29, 0.717) is 5.02 Å². The molecule has 0 aliphatic rings. The average molecular weight is 373 g/mol. The van der Waals surface area contributed by atoms with Crippen molar-refractivity contribution in [3.05, 3.63) is 45.1 Å². The quantitative estimate of drug-likeness (QED) is 0.832. The molecule has 1 N–H and O–H groups in total. The number of benzene rings is 1. The van der Waals surface area contributed by atoms with Crippen LogP contribution in [-0.4, -0.2) is 23.9 Å². The topological polar surface area (TPSA) is 39.1 Å². The van der Waals surface area contributed by atoms with Gasteiger partial charge >= 0.3 is 0 Å². The molecule has 1 unspecified atom stereocenters. The molecule has 2 rings (SSSR count). The molecular weight excluding hydrogens is 354 g/mol. The summed E-state index contributed by atoms with van der Waals surface area (Å²) in [4.78, 5) is 0. The second-order valence-electron chi connectivity index (χ2n) is 4.71. The maximum absolute atomic E-state index is 6.04.